The molecule has 0 bridgehead atoms. The van der Waals surface area contributed by atoms with Crippen LogP contribution in [0.2, 0.25) is 0 Å². The quantitative estimate of drug-likeness (QED) is 0.558. The number of nitrogens with one attached hydrogen (secondary N) is 2. The van der Waals surface area contributed by atoms with Crippen molar-refractivity contribution in [1.82, 2.24) is 14.9 Å². The van der Waals surface area contributed by atoms with Crippen LogP contribution < -0.4 is 10.0 Å². The highest BCUT2D eigenvalue weighted by atomic mass is 32.2. The van der Waals surface area contributed by atoms with E-state index in [0.717, 1.165) is 18.9 Å². The average molecular weight is 482 g/mol. The van der Waals surface area contributed by atoms with Crippen molar-refractivity contribution >= 4 is 15.9 Å². The maximum absolute atomic E-state index is 13.5. The number of carbonyl (C=O) groups excluding carboxylic acids is 1. The number of carbonyl (C=O) groups is 1. The first-order valence-corrected chi connectivity index (χ1v) is 12.0. The summed E-state index contributed by atoms with van der Waals surface area (Å²) in [4.78, 5) is 14.4. The fourth-order valence-electron chi connectivity index (χ4n) is 3.67. The number of nitrogens with zero attached hydrogens (tertiary/aromatic N) is 1. The van der Waals surface area contributed by atoms with E-state index in [2.05, 4.69) is 14.9 Å². The normalized spacial score (nSPS) is 17.0. The summed E-state index contributed by atoms with van der Waals surface area (Å²) in [7, 11) is -3.40. The van der Waals surface area contributed by atoms with Crippen molar-refractivity contribution in [1.29, 1.82) is 0 Å². The van der Waals surface area contributed by atoms with Gasteiger partial charge in [0.05, 0.1) is 10.8 Å². The van der Waals surface area contributed by atoms with Crippen molar-refractivity contribution in [3.63, 3.8) is 0 Å². The van der Waals surface area contributed by atoms with Gasteiger partial charge in [-0.3, -0.25) is 4.79 Å². The van der Waals surface area contributed by atoms with Crippen molar-refractivity contribution in [3.05, 3.63) is 35.1 Å². The lowest BCUT2D eigenvalue weighted by molar-refractivity contribution is -0.137. The van der Waals surface area contributed by atoms with Crippen LogP contribution >= 0.6 is 0 Å². The number of piperidine rings is 1. The van der Waals surface area contributed by atoms with Crippen LogP contribution in [0.25, 0.3) is 0 Å². The van der Waals surface area contributed by atoms with Crippen molar-refractivity contribution in [3.8, 4) is 0 Å². The van der Waals surface area contributed by atoms with Crippen LogP contribution in [0.4, 0.5) is 17.6 Å². The van der Waals surface area contributed by atoms with Gasteiger partial charge in [0.25, 0.3) is 5.91 Å². The molecule has 0 atom stereocenters. The van der Waals surface area contributed by atoms with E-state index >= 15 is 0 Å². The van der Waals surface area contributed by atoms with Gasteiger partial charge in [-0.1, -0.05) is 0 Å². The molecule has 1 aliphatic heterocycles. The average Bonchev–Trinajstić information content (AvgIpc) is 2.64. The lowest BCUT2D eigenvalue weighted by atomic mass is 9.95. The monoisotopic (exact) mass is 481 g/mol. The van der Waals surface area contributed by atoms with Gasteiger partial charge < -0.3 is 10.2 Å². The molecule has 32 heavy (non-hydrogen) atoms. The van der Waals surface area contributed by atoms with Crippen LogP contribution in [0.15, 0.2) is 18.2 Å². The summed E-state index contributed by atoms with van der Waals surface area (Å²) in [5, 5.41) is 2.07. The number of alkyl halides is 3. The zero-order valence-electron chi connectivity index (χ0n) is 18.7. The molecule has 0 aromatic heterocycles. The standard InChI is InChI=1S/C21H31F4N3O3S/c1-14(2)32(30,31)27-20(3,4)13-28-7-5-15(6-8-28)12-26-19(29)16-9-17(21(23,24)25)11-18(22)10-16/h9-11,14-15,27H,5-8,12-13H2,1-4H3,(H,26,29). The molecule has 1 aromatic carbocycles. The predicted octanol–water partition coefficient (Wildman–Crippen LogP) is 3.39. The largest absolute Gasteiger partial charge is 0.416 e. The maximum atomic E-state index is 13.5. The first kappa shape index (κ1) is 26.5. The second-order valence-electron chi connectivity index (χ2n) is 9.24. The highest BCUT2D eigenvalue weighted by Crippen LogP contribution is 2.30. The molecule has 1 saturated heterocycles. The second-order valence-corrected chi connectivity index (χ2v) is 11.5. The van der Waals surface area contributed by atoms with Gasteiger partial charge in [0, 0.05) is 24.2 Å². The minimum atomic E-state index is -4.74. The molecule has 2 N–H and O–H groups in total. The highest BCUT2D eigenvalue weighted by Gasteiger charge is 2.33. The lowest BCUT2D eigenvalue weighted by Crippen LogP contribution is -2.54. The number of amides is 1. The Morgan fingerprint density at radius 1 is 1.16 bits per heavy atom. The summed E-state index contributed by atoms with van der Waals surface area (Å²) in [5.41, 5.74) is -2.21. The SMILES string of the molecule is CC(C)S(=O)(=O)NC(C)(C)CN1CCC(CNC(=O)c2cc(F)cc(C(F)(F)F)c2)CC1. The van der Waals surface area contributed by atoms with E-state index in [4.69, 9.17) is 0 Å². The van der Waals surface area contributed by atoms with E-state index in [9.17, 15) is 30.8 Å². The molecule has 1 aromatic rings. The van der Waals surface area contributed by atoms with Gasteiger partial charge in [-0.2, -0.15) is 13.2 Å². The number of hydrogen-bond acceptors (Lipinski definition) is 4. The van der Waals surface area contributed by atoms with E-state index in [-0.39, 0.29) is 18.0 Å². The van der Waals surface area contributed by atoms with E-state index in [1.807, 2.05) is 13.8 Å². The molecule has 6 nitrogen and oxygen atoms in total. The number of sulfonamides is 1. The first-order valence-electron chi connectivity index (χ1n) is 10.5. The molecule has 1 heterocycles. The topological polar surface area (TPSA) is 78.5 Å². The number of likely N-dealkylation sites (tertiary alicyclic amines) is 1. The third-order valence-corrected chi connectivity index (χ3v) is 7.48. The van der Waals surface area contributed by atoms with Crippen LogP contribution in [0.1, 0.15) is 56.5 Å². The van der Waals surface area contributed by atoms with Gasteiger partial charge in [-0.25, -0.2) is 17.5 Å². The molecule has 0 radical (unpaired) electrons. The molecule has 0 aliphatic carbocycles. The molecular weight excluding hydrogens is 450 g/mol. The van der Waals surface area contributed by atoms with Crippen molar-refractivity contribution < 1.29 is 30.8 Å². The van der Waals surface area contributed by atoms with Crippen LogP contribution in [-0.4, -0.2) is 56.2 Å². The molecule has 1 aliphatic rings. The third-order valence-electron chi connectivity index (χ3n) is 5.40. The van der Waals surface area contributed by atoms with Gasteiger partial charge in [-0.15, -0.1) is 0 Å². The summed E-state index contributed by atoms with van der Waals surface area (Å²) >= 11 is 0. The second kappa shape index (κ2) is 10.0. The molecule has 0 saturated carbocycles. The molecule has 0 spiro atoms. The van der Waals surface area contributed by atoms with Gasteiger partial charge >= 0.3 is 6.18 Å². The Morgan fingerprint density at radius 3 is 2.28 bits per heavy atom. The summed E-state index contributed by atoms with van der Waals surface area (Å²) in [6, 6.07) is 1.78. The van der Waals surface area contributed by atoms with E-state index in [1.165, 1.54) is 0 Å². The van der Waals surface area contributed by atoms with Crippen LogP contribution in [-0.2, 0) is 16.2 Å². The zero-order valence-corrected chi connectivity index (χ0v) is 19.5. The molecule has 11 heteroatoms. The lowest BCUT2D eigenvalue weighted by Gasteiger charge is -2.38. The van der Waals surface area contributed by atoms with E-state index < -0.39 is 44.3 Å². The van der Waals surface area contributed by atoms with Crippen LogP contribution in [0.3, 0.4) is 0 Å². The molecule has 182 valence electrons. The Balaban J connectivity index is 1.85. The molecular formula is C21H31F4N3O3S. The smallest absolute Gasteiger partial charge is 0.352 e. The fraction of sp³-hybridized carbons (Fsp3) is 0.667. The first-order chi connectivity index (χ1) is 14.6. The van der Waals surface area contributed by atoms with Gasteiger partial charge in [0.2, 0.25) is 10.0 Å². The summed E-state index contributed by atoms with van der Waals surface area (Å²) in [6.45, 7) is 9.09. The van der Waals surface area contributed by atoms with Crippen molar-refractivity contribution in [2.75, 3.05) is 26.2 Å². The maximum Gasteiger partial charge on any atom is 0.416 e. The van der Waals surface area contributed by atoms with Crippen LogP contribution in [0.5, 0.6) is 0 Å². The number of halogens is 4. The number of rotatable bonds is 8. The van der Waals surface area contributed by atoms with Gasteiger partial charge in [0.1, 0.15) is 5.82 Å². The zero-order chi connectivity index (χ0) is 24.3. The molecule has 2 rings (SSSR count). The molecule has 0 unspecified atom stereocenters. The Kier molecular flexibility index (Phi) is 8.33. The van der Waals surface area contributed by atoms with E-state index in [1.54, 1.807) is 13.8 Å². The minimum Gasteiger partial charge on any atom is -0.352 e. The van der Waals surface area contributed by atoms with Crippen molar-refractivity contribution in [2.45, 2.75) is 57.5 Å². The van der Waals surface area contributed by atoms with Crippen LogP contribution in [0, 0.1) is 11.7 Å². The Hall–Kier alpha value is -1.72. The number of hydrogen-bond donors (Lipinski definition) is 2. The molecule has 1 amide bonds. The summed E-state index contributed by atoms with van der Waals surface area (Å²) in [6.07, 6.45) is -3.25. The minimum absolute atomic E-state index is 0.126. The highest BCUT2D eigenvalue weighted by molar-refractivity contribution is 7.90. The van der Waals surface area contributed by atoms with Gasteiger partial charge in [0.15, 0.2) is 0 Å². The summed E-state index contributed by atoms with van der Waals surface area (Å²) in [5.74, 6) is -1.74. The fourth-order valence-corrected chi connectivity index (χ4v) is 4.74. The Morgan fingerprint density at radius 2 is 1.75 bits per heavy atom. The summed E-state index contributed by atoms with van der Waals surface area (Å²) < 4.78 is 79.0. The Labute approximate surface area is 186 Å². The number of benzene rings is 1. The van der Waals surface area contributed by atoms with Crippen molar-refractivity contribution in [2.24, 2.45) is 5.92 Å². The molecule has 1 fully saturated rings. The third kappa shape index (κ3) is 7.70. The van der Waals surface area contributed by atoms with Gasteiger partial charge in [-0.05, 0) is 77.7 Å². The Bertz CT molecular complexity index is 909. The predicted molar refractivity (Wildman–Crippen MR) is 114 cm³/mol. The van der Waals surface area contributed by atoms with E-state index in [0.29, 0.717) is 31.8 Å².